The van der Waals surface area contributed by atoms with Crippen LogP contribution in [-0.2, 0) is 9.59 Å². The molecule has 0 spiro atoms. The number of Topliss-reactive ketones (excluding diaryl/α,β-unsaturated/α-hetero) is 1. The Kier molecular flexibility index (Phi) is 10.7. The first kappa shape index (κ1) is 28.6. The maximum Gasteiger partial charge on any atom is 0.490 e. The number of halogens is 3. The van der Waals surface area contributed by atoms with Crippen molar-refractivity contribution in [2.24, 2.45) is 0 Å². The molecule has 0 saturated heterocycles. The molecule has 36 heavy (non-hydrogen) atoms. The van der Waals surface area contributed by atoms with Crippen molar-refractivity contribution in [2.75, 3.05) is 0 Å². The topological polar surface area (TPSA) is 138 Å². The number of unbranched alkanes of at least 4 members (excludes halogenated alkanes) is 2. The van der Waals surface area contributed by atoms with Crippen molar-refractivity contribution in [3.8, 4) is 11.3 Å². The highest BCUT2D eigenvalue weighted by Gasteiger charge is 2.38. The molecule has 13 heteroatoms. The first-order chi connectivity index (χ1) is 17.0. The number of nitrogens with one attached hydrogen (secondary N) is 2. The Labute approximate surface area is 209 Å². The van der Waals surface area contributed by atoms with E-state index in [4.69, 9.17) is 9.90 Å². The molecule has 3 rings (SSSR count). The molecule has 3 aromatic rings. The minimum absolute atomic E-state index is 0.191. The number of ketones is 1. The van der Waals surface area contributed by atoms with E-state index in [0.717, 1.165) is 54.3 Å². The summed E-state index contributed by atoms with van der Waals surface area (Å²) in [7, 11) is 0. The molecular weight excluding hydrogens is 499 g/mol. The molecule has 2 heterocycles. The molecule has 0 saturated carbocycles. The lowest BCUT2D eigenvalue weighted by atomic mass is 10.1. The monoisotopic (exact) mass is 525 g/mol. The Morgan fingerprint density at radius 2 is 1.81 bits per heavy atom. The van der Waals surface area contributed by atoms with Gasteiger partial charge in [0.1, 0.15) is 16.5 Å². The number of carbonyl (C=O) groups excluding carboxylic acids is 2. The van der Waals surface area contributed by atoms with Crippen LogP contribution in [0.4, 0.5) is 13.2 Å². The fraction of sp³-hybridized carbons (Fsp3) is 0.391. The molecule has 1 aromatic carbocycles. The largest absolute Gasteiger partial charge is 0.490 e. The van der Waals surface area contributed by atoms with Gasteiger partial charge in [0, 0.05) is 6.42 Å². The number of aromatic nitrogens is 4. The minimum atomic E-state index is -5.08. The smallest absolute Gasteiger partial charge is 0.475 e. The average Bonchev–Trinajstić information content (AvgIpc) is 3.47. The number of hydrogen-bond acceptors (Lipinski definition) is 7. The number of amides is 1. The summed E-state index contributed by atoms with van der Waals surface area (Å²) in [6, 6.07) is 9.69. The van der Waals surface area contributed by atoms with Crippen molar-refractivity contribution in [1.82, 2.24) is 24.9 Å². The van der Waals surface area contributed by atoms with E-state index in [2.05, 4.69) is 24.9 Å². The van der Waals surface area contributed by atoms with E-state index in [-0.39, 0.29) is 17.7 Å². The van der Waals surface area contributed by atoms with E-state index in [1.54, 1.807) is 20.0 Å². The third-order valence-corrected chi connectivity index (χ3v) is 5.76. The number of aryl methyl sites for hydroxylation is 1. The van der Waals surface area contributed by atoms with Crippen LogP contribution in [0.5, 0.6) is 0 Å². The van der Waals surface area contributed by atoms with E-state index in [1.165, 1.54) is 0 Å². The number of benzene rings is 1. The summed E-state index contributed by atoms with van der Waals surface area (Å²) in [5.41, 5.74) is 2.57. The Balaban J connectivity index is 0.000000572. The number of hydrogen-bond donors (Lipinski definition) is 3. The third kappa shape index (κ3) is 9.21. The average molecular weight is 526 g/mol. The van der Waals surface area contributed by atoms with Gasteiger partial charge in [-0.1, -0.05) is 47.7 Å². The molecule has 1 amide bonds. The van der Waals surface area contributed by atoms with Gasteiger partial charge in [-0.25, -0.2) is 9.78 Å². The molecule has 3 N–H and O–H groups in total. The fourth-order valence-electron chi connectivity index (χ4n) is 3.12. The third-order valence-electron chi connectivity index (χ3n) is 4.94. The zero-order valence-corrected chi connectivity index (χ0v) is 20.4. The standard InChI is InChI=1S/C21H25N5O2S.C2HF3O2/c1-14(27)9-5-3-8-12-17(24-21(28)19-15(2)25-26-29-19)20-22-13-18(23-20)16-10-6-4-7-11-16;3-2(4,5)1(6)7/h4,6-7,10-11,13,17H,3,5,8-9,12H2,1-2H3,(H,22,23)(H,24,28);(H,6,7)/t17-;/m0./s1. The van der Waals surface area contributed by atoms with Crippen LogP contribution in [-0.4, -0.2) is 48.5 Å². The molecule has 0 radical (unpaired) electrons. The van der Waals surface area contributed by atoms with Gasteiger partial charge in [0.2, 0.25) is 0 Å². The van der Waals surface area contributed by atoms with Crippen LogP contribution in [0, 0.1) is 6.92 Å². The molecule has 0 bridgehead atoms. The van der Waals surface area contributed by atoms with E-state index in [0.29, 0.717) is 17.0 Å². The Hall–Kier alpha value is -3.61. The zero-order chi connectivity index (χ0) is 26.7. The predicted molar refractivity (Wildman–Crippen MR) is 126 cm³/mol. The molecule has 2 aromatic heterocycles. The second-order valence-corrected chi connectivity index (χ2v) is 8.62. The molecule has 1 atom stereocenters. The summed E-state index contributed by atoms with van der Waals surface area (Å²) < 4.78 is 35.6. The minimum Gasteiger partial charge on any atom is -0.475 e. The summed E-state index contributed by atoms with van der Waals surface area (Å²) in [5.74, 6) is -2.02. The maximum atomic E-state index is 12.7. The van der Waals surface area contributed by atoms with Gasteiger partial charge in [0.05, 0.1) is 23.6 Å². The molecule has 194 valence electrons. The molecule has 0 fully saturated rings. The summed E-state index contributed by atoms with van der Waals surface area (Å²) in [5, 5.41) is 14.1. The molecule has 0 aliphatic carbocycles. The lowest BCUT2D eigenvalue weighted by molar-refractivity contribution is -0.192. The molecule has 0 aliphatic heterocycles. The number of H-pyrrole nitrogens is 1. The van der Waals surface area contributed by atoms with Crippen LogP contribution in [0.2, 0.25) is 0 Å². The SMILES string of the molecule is CC(=O)CCCCC[C@H](NC(=O)c1snnc1C)c1ncc(-c2ccccc2)[nH]1.O=C(O)C(F)(F)F. The molecular formula is C23H26F3N5O4S. The number of carboxylic acid groups (broad SMARTS) is 1. The highest BCUT2D eigenvalue weighted by molar-refractivity contribution is 7.08. The first-order valence-corrected chi connectivity index (χ1v) is 11.8. The summed E-state index contributed by atoms with van der Waals surface area (Å²) in [4.78, 5) is 41.1. The van der Waals surface area contributed by atoms with Gasteiger partial charge in [-0.3, -0.25) is 4.79 Å². The van der Waals surface area contributed by atoms with Gasteiger partial charge >= 0.3 is 12.1 Å². The van der Waals surface area contributed by atoms with Crippen molar-refractivity contribution >= 4 is 29.2 Å². The van der Waals surface area contributed by atoms with E-state index in [1.807, 2.05) is 30.3 Å². The van der Waals surface area contributed by atoms with E-state index >= 15 is 0 Å². The van der Waals surface area contributed by atoms with Gasteiger partial charge in [-0.2, -0.15) is 13.2 Å². The Morgan fingerprint density at radius 3 is 2.36 bits per heavy atom. The molecule has 0 aliphatic rings. The predicted octanol–water partition coefficient (Wildman–Crippen LogP) is 4.88. The van der Waals surface area contributed by atoms with Crippen LogP contribution in [0.3, 0.4) is 0 Å². The molecule has 9 nitrogen and oxygen atoms in total. The van der Waals surface area contributed by atoms with Crippen LogP contribution >= 0.6 is 11.5 Å². The maximum absolute atomic E-state index is 12.7. The van der Waals surface area contributed by atoms with Crippen molar-refractivity contribution in [1.29, 1.82) is 0 Å². The Morgan fingerprint density at radius 1 is 1.14 bits per heavy atom. The number of rotatable bonds is 10. The van der Waals surface area contributed by atoms with Crippen molar-refractivity contribution in [2.45, 2.75) is 58.2 Å². The van der Waals surface area contributed by atoms with Crippen molar-refractivity contribution in [3.63, 3.8) is 0 Å². The van der Waals surface area contributed by atoms with Crippen molar-refractivity contribution in [3.05, 3.63) is 52.9 Å². The van der Waals surface area contributed by atoms with Gasteiger partial charge in [0.15, 0.2) is 0 Å². The van der Waals surface area contributed by atoms with Gasteiger partial charge in [-0.15, -0.1) is 5.10 Å². The van der Waals surface area contributed by atoms with Crippen molar-refractivity contribution < 1.29 is 32.7 Å². The lowest BCUT2D eigenvalue weighted by Crippen LogP contribution is -2.29. The van der Waals surface area contributed by atoms with Gasteiger partial charge in [0.25, 0.3) is 5.91 Å². The normalized spacial score (nSPS) is 11.8. The zero-order valence-electron chi connectivity index (χ0n) is 19.6. The highest BCUT2D eigenvalue weighted by atomic mass is 32.1. The number of carboxylic acids is 1. The fourth-order valence-corrected chi connectivity index (χ4v) is 3.68. The van der Waals surface area contributed by atoms with Gasteiger partial charge < -0.3 is 20.2 Å². The van der Waals surface area contributed by atoms with Crippen LogP contribution in [0.1, 0.15) is 66.3 Å². The number of carbonyl (C=O) groups is 3. The summed E-state index contributed by atoms with van der Waals surface area (Å²) in [6.07, 6.45) is 0.720. The number of imidazole rings is 1. The van der Waals surface area contributed by atoms with Crippen LogP contribution in [0.25, 0.3) is 11.3 Å². The highest BCUT2D eigenvalue weighted by Crippen LogP contribution is 2.23. The first-order valence-electron chi connectivity index (χ1n) is 11.0. The number of nitrogens with zero attached hydrogens (tertiary/aromatic N) is 3. The quantitative estimate of drug-likeness (QED) is 0.321. The molecule has 0 unspecified atom stereocenters. The van der Waals surface area contributed by atoms with Gasteiger partial charge in [-0.05, 0) is 43.8 Å². The number of alkyl halides is 3. The van der Waals surface area contributed by atoms with E-state index < -0.39 is 12.1 Å². The summed E-state index contributed by atoms with van der Waals surface area (Å²) in [6.45, 7) is 3.39. The second kappa shape index (κ2) is 13.5. The van der Waals surface area contributed by atoms with E-state index in [9.17, 15) is 22.8 Å². The number of aliphatic carboxylic acids is 1. The number of aromatic amines is 1. The Bertz CT molecular complexity index is 1150. The lowest BCUT2D eigenvalue weighted by Gasteiger charge is -2.16. The summed E-state index contributed by atoms with van der Waals surface area (Å²) >= 11 is 1.09. The van der Waals surface area contributed by atoms with Crippen LogP contribution < -0.4 is 5.32 Å². The van der Waals surface area contributed by atoms with Crippen LogP contribution in [0.15, 0.2) is 36.5 Å². The second-order valence-electron chi connectivity index (χ2n) is 7.87.